The molecular weight excluding hydrogens is 318 g/mol. The quantitative estimate of drug-likeness (QED) is 0.244. The van der Waals surface area contributed by atoms with E-state index in [4.69, 9.17) is 4.74 Å². The molecule has 0 saturated carbocycles. The predicted molar refractivity (Wildman–Crippen MR) is 86.1 cm³/mol. The lowest BCUT2D eigenvalue weighted by Crippen LogP contribution is -2.05. The molecule has 4 nitrogen and oxygen atoms in total. The molecule has 0 N–H and O–H groups in total. The second-order valence-corrected chi connectivity index (χ2v) is 4.73. The maximum Gasteiger partial charge on any atom is 0.338 e. The number of esters is 1. The number of halogens is 2. The molecule has 0 aliphatic rings. The summed E-state index contributed by atoms with van der Waals surface area (Å²) in [5.74, 6) is -3.82. The zero-order chi connectivity index (χ0) is 18.3. The van der Waals surface area contributed by atoms with Crippen LogP contribution in [-0.4, -0.2) is 12.4 Å². The Labute approximate surface area is 138 Å². The van der Waals surface area contributed by atoms with E-state index in [-0.39, 0.29) is 23.4 Å². The van der Waals surface area contributed by atoms with Crippen molar-refractivity contribution >= 4 is 18.0 Å². The lowest BCUT2D eigenvalue weighted by molar-refractivity contribution is -0.134. The van der Waals surface area contributed by atoms with Gasteiger partial charge in [-0.3, -0.25) is 4.79 Å². The topological polar surface area (TPSA) is 52.6 Å². The molecule has 0 aliphatic heterocycles. The van der Waals surface area contributed by atoms with Gasteiger partial charge in [0.25, 0.3) is 6.47 Å². The minimum absolute atomic E-state index is 0.0316. The third-order valence-corrected chi connectivity index (χ3v) is 2.95. The Bertz CT molecular complexity index is 728. The van der Waals surface area contributed by atoms with Gasteiger partial charge in [-0.1, -0.05) is 25.3 Å². The number of rotatable bonds is 7. The van der Waals surface area contributed by atoms with Crippen molar-refractivity contribution in [3.63, 3.8) is 0 Å². The molecule has 1 aromatic carbocycles. The van der Waals surface area contributed by atoms with Crippen molar-refractivity contribution in [3.8, 4) is 5.75 Å². The molecule has 0 fully saturated rings. The second kappa shape index (κ2) is 8.57. The molecule has 24 heavy (non-hydrogen) atoms. The highest BCUT2D eigenvalue weighted by molar-refractivity contribution is 5.88. The molecule has 0 unspecified atom stereocenters. The third kappa shape index (κ3) is 4.74. The summed E-state index contributed by atoms with van der Waals surface area (Å²) in [5, 5.41) is 0. The normalized spacial score (nSPS) is 12.5. The van der Waals surface area contributed by atoms with Crippen LogP contribution in [0, 0.1) is 0 Å². The average molecular weight is 334 g/mol. The Kier molecular flexibility index (Phi) is 6.79. The van der Waals surface area contributed by atoms with Crippen LogP contribution in [0.3, 0.4) is 0 Å². The van der Waals surface area contributed by atoms with E-state index in [1.54, 1.807) is 0 Å². The second-order valence-electron chi connectivity index (χ2n) is 4.73. The van der Waals surface area contributed by atoms with E-state index < -0.39 is 23.4 Å². The van der Waals surface area contributed by atoms with Gasteiger partial charge in [-0.05, 0) is 43.2 Å². The Balaban J connectivity index is 3.19. The van der Waals surface area contributed by atoms with Crippen molar-refractivity contribution in [2.75, 3.05) is 0 Å². The molecule has 0 saturated heterocycles. The monoisotopic (exact) mass is 334 g/mol. The summed E-state index contributed by atoms with van der Waals surface area (Å²) in [4.78, 5) is 21.7. The molecule has 0 radical (unpaired) electrons. The molecule has 0 bridgehead atoms. The van der Waals surface area contributed by atoms with E-state index >= 15 is 0 Å². The van der Waals surface area contributed by atoms with E-state index in [0.717, 1.165) is 6.08 Å². The zero-order valence-electron chi connectivity index (χ0n) is 13.3. The largest absolute Gasteiger partial charge is 0.429 e. The number of carbonyl (C=O) groups is 2. The fourth-order valence-corrected chi connectivity index (χ4v) is 1.60. The fraction of sp³-hybridized carbons (Fsp3) is 0.111. The van der Waals surface area contributed by atoms with Gasteiger partial charge < -0.3 is 9.47 Å². The van der Waals surface area contributed by atoms with Gasteiger partial charge in [0.2, 0.25) is 5.83 Å². The Morgan fingerprint density at radius 3 is 2.17 bits per heavy atom. The molecule has 126 valence electrons. The van der Waals surface area contributed by atoms with Crippen molar-refractivity contribution in [1.29, 1.82) is 0 Å². The molecule has 1 rings (SSSR count). The molecule has 0 spiro atoms. The van der Waals surface area contributed by atoms with Crippen molar-refractivity contribution in [1.82, 2.24) is 0 Å². The van der Waals surface area contributed by atoms with Gasteiger partial charge in [-0.25, -0.2) is 9.18 Å². The molecular formula is C18H16F2O4. The number of carbonyl (C=O) groups excluding carboxylic acids is 2. The summed E-state index contributed by atoms with van der Waals surface area (Å²) >= 11 is 0. The fourth-order valence-electron chi connectivity index (χ4n) is 1.60. The predicted octanol–water partition coefficient (Wildman–Crippen LogP) is 4.41. The highest BCUT2D eigenvalue weighted by Crippen LogP contribution is 2.29. The molecule has 0 atom stereocenters. The highest BCUT2D eigenvalue weighted by atomic mass is 19.2. The lowest BCUT2D eigenvalue weighted by atomic mass is 10.1. The van der Waals surface area contributed by atoms with Crippen LogP contribution < -0.4 is 4.74 Å². The molecule has 0 amide bonds. The third-order valence-electron chi connectivity index (χ3n) is 2.95. The summed E-state index contributed by atoms with van der Waals surface area (Å²) in [5.41, 5.74) is 0.362. The minimum Gasteiger partial charge on any atom is -0.429 e. The van der Waals surface area contributed by atoms with Crippen LogP contribution in [0.4, 0.5) is 8.78 Å². The summed E-state index contributed by atoms with van der Waals surface area (Å²) < 4.78 is 37.8. The van der Waals surface area contributed by atoms with Gasteiger partial charge in [-0.2, -0.15) is 4.39 Å². The molecule has 1 aromatic rings. The van der Waals surface area contributed by atoms with Crippen LogP contribution in [0.2, 0.25) is 0 Å². The van der Waals surface area contributed by atoms with Crippen LogP contribution in [0.1, 0.15) is 19.4 Å². The van der Waals surface area contributed by atoms with E-state index in [1.165, 1.54) is 38.1 Å². The first-order chi connectivity index (χ1) is 11.3. The van der Waals surface area contributed by atoms with Gasteiger partial charge >= 0.3 is 5.97 Å². The van der Waals surface area contributed by atoms with Crippen LogP contribution in [-0.2, 0) is 14.3 Å². The zero-order valence-corrected chi connectivity index (χ0v) is 13.3. The summed E-state index contributed by atoms with van der Waals surface area (Å²) in [7, 11) is 0. The smallest absolute Gasteiger partial charge is 0.338 e. The van der Waals surface area contributed by atoms with Gasteiger partial charge in [0.15, 0.2) is 11.6 Å². The van der Waals surface area contributed by atoms with Gasteiger partial charge in [-0.15, -0.1) is 0 Å². The van der Waals surface area contributed by atoms with Crippen molar-refractivity contribution in [2.45, 2.75) is 13.8 Å². The number of benzene rings is 1. The molecule has 0 aliphatic carbocycles. The van der Waals surface area contributed by atoms with Gasteiger partial charge in [0.1, 0.15) is 5.75 Å². The Morgan fingerprint density at radius 1 is 1.12 bits per heavy atom. The highest BCUT2D eigenvalue weighted by Gasteiger charge is 2.18. The van der Waals surface area contributed by atoms with Crippen LogP contribution >= 0.6 is 0 Å². The first kappa shape index (κ1) is 19.0. The van der Waals surface area contributed by atoms with Gasteiger partial charge in [0.05, 0.1) is 0 Å². The van der Waals surface area contributed by atoms with E-state index in [9.17, 15) is 18.4 Å². The Morgan fingerprint density at radius 2 is 1.71 bits per heavy atom. The Hall–Kier alpha value is -3.02. The molecule has 0 heterocycles. The number of hydrogen-bond donors (Lipinski definition) is 0. The first-order valence-corrected chi connectivity index (χ1v) is 6.79. The molecule has 0 aromatic heterocycles. The summed E-state index contributed by atoms with van der Waals surface area (Å²) in [6.07, 6.45) is 0.893. The maximum atomic E-state index is 14.3. The van der Waals surface area contributed by atoms with E-state index in [1.807, 2.05) is 0 Å². The number of hydrogen-bond acceptors (Lipinski definition) is 4. The summed E-state index contributed by atoms with van der Waals surface area (Å²) in [6, 6.07) is 5.76. The lowest BCUT2D eigenvalue weighted by Gasteiger charge is -2.08. The molecule has 6 heteroatoms. The summed E-state index contributed by atoms with van der Waals surface area (Å²) in [6.45, 7) is 9.64. The van der Waals surface area contributed by atoms with Crippen molar-refractivity contribution in [2.24, 2.45) is 0 Å². The van der Waals surface area contributed by atoms with Gasteiger partial charge in [0, 0.05) is 5.57 Å². The minimum atomic E-state index is -1.36. The van der Waals surface area contributed by atoms with Crippen LogP contribution in [0.25, 0.3) is 5.57 Å². The number of allylic oxidation sites excluding steroid dienone is 4. The van der Waals surface area contributed by atoms with E-state index in [0.29, 0.717) is 5.56 Å². The standard InChI is InChI=1S/C18H16F2O4/c1-5-15(24-18(22)11(2)3)17(20)16(19)12(4)13-6-8-14(9-7-13)23-10-21/h5-10H,1-2H2,3-4H3/b16-12-,17-15-. The van der Waals surface area contributed by atoms with Crippen molar-refractivity contribution < 1.29 is 27.8 Å². The SMILES string of the molecule is C=C/C(OC(=O)C(=C)C)=C(F)\C(F)=C(/C)c1ccc(OC=O)cc1. The average Bonchev–Trinajstić information content (AvgIpc) is 2.58. The van der Waals surface area contributed by atoms with E-state index in [2.05, 4.69) is 17.9 Å². The van der Waals surface area contributed by atoms with Crippen LogP contribution in [0.15, 0.2) is 66.5 Å². The van der Waals surface area contributed by atoms with Crippen LogP contribution in [0.5, 0.6) is 5.75 Å². The number of ether oxygens (including phenoxy) is 2. The first-order valence-electron chi connectivity index (χ1n) is 6.79. The van der Waals surface area contributed by atoms with Crippen molar-refractivity contribution in [3.05, 3.63) is 72.0 Å². The maximum absolute atomic E-state index is 14.3.